The van der Waals surface area contributed by atoms with Crippen molar-refractivity contribution in [1.29, 1.82) is 0 Å². The quantitative estimate of drug-likeness (QED) is 0.212. The highest BCUT2D eigenvalue weighted by Crippen LogP contribution is 2.05. The number of nitrogens with one attached hydrogen (secondary N) is 3. The van der Waals surface area contributed by atoms with Gasteiger partial charge >= 0.3 is 5.97 Å². The van der Waals surface area contributed by atoms with E-state index in [0.717, 1.165) is 0 Å². The largest absolute Gasteiger partial charge is 0.480 e. The Hall–Kier alpha value is -2.20. The molecule has 0 saturated heterocycles. The molecule has 0 rings (SSSR count). The maximum Gasteiger partial charge on any atom is 0.326 e. The summed E-state index contributed by atoms with van der Waals surface area (Å²) in [5.74, 6) is -2.63. The highest BCUT2D eigenvalue weighted by atomic mass is 16.4. The molecule has 8 N–H and O–H groups in total. The van der Waals surface area contributed by atoms with Crippen molar-refractivity contribution < 1.29 is 24.3 Å². The molecular formula is C17H33N5O5. The molecule has 0 spiro atoms. The lowest BCUT2D eigenvalue weighted by molar-refractivity contribution is -0.142. The number of hydrogen-bond donors (Lipinski definition) is 6. The van der Waals surface area contributed by atoms with E-state index in [0.29, 0.717) is 25.8 Å². The molecule has 3 atom stereocenters. The summed E-state index contributed by atoms with van der Waals surface area (Å²) in [7, 11) is 0. The monoisotopic (exact) mass is 387 g/mol. The summed E-state index contributed by atoms with van der Waals surface area (Å²) in [6, 6.07) is -2.62. The van der Waals surface area contributed by atoms with Gasteiger partial charge in [0.1, 0.15) is 12.1 Å². The smallest absolute Gasteiger partial charge is 0.326 e. The molecule has 156 valence electrons. The molecular weight excluding hydrogens is 354 g/mol. The Morgan fingerprint density at radius 1 is 0.963 bits per heavy atom. The number of rotatable bonds is 13. The zero-order valence-corrected chi connectivity index (χ0v) is 16.3. The van der Waals surface area contributed by atoms with Gasteiger partial charge in [-0.3, -0.25) is 14.4 Å². The molecule has 0 aromatic carbocycles. The lowest BCUT2D eigenvalue weighted by Crippen LogP contribution is -2.53. The molecule has 3 amide bonds. The highest BCUT2D eigenvalue weighted by molar-refractivity contribution is 5.92. The second-order valence-corrected chi connectivity index (χ2v) is 6.94. The van der Waals surface area contributed by atoms with Gasteiger partial charge in [-0.05, 0) is 45.1 Å². The van der Waals surface area contributed by atoms with Gasteiger partial charge in [-0.15, -0.1) is 0 Å². The van der Waals surface area contributed by atoms with Crippen LogP contribution < -0.4 is 27.4 Å². The summed E-state index contributed by atoms with van der Waals surface area (Å²) >= 11 is 0. The minimum atomic E-state index is -1.14. The van der Waals surface area contributed by atoms with Crippen LogP contribution in [0.4, 0.5) is 0 Å². The van der Waals surface area contributed by atoms with Gasteiger partial charge in [0.2, 0.25) is 17.7 Å². The minimum absolute atomic E-state index is 0.127. The Kier molecular flexibility index (Phi) is 12.0. The molecule has 10 heteroatoms. The van der Waals surface area contributed by atoms with Crippen molar-refractivity contribution in [3.8, 4) is 0 Å². The van der Waals surface area contributed by atoms with Crippen molar-refractivity contribution in [1.82, 2.24) is 16.0 Å². The fourth-order valence-electron chi connectivity index (χ4n) is 2.29. The summed E-state index contributed by atoms with van der Waals surface area (Å²) in [4.78, 5) is 47.2. The van der Waals surface area contributed by atoms with Gasteiger partial charge in [-0.2, -0.15) is 0 Å². The molecule has 27 heavy (non-hydrogen) atoms. The maximum atomic E-state index is 12.3. The van der Waals surface area contributed by atoms with Gasteiger partial charge in [0.05, 0.1) is 12.6 Å². The highest BCUT2D eigenvalue weighted by Gasteiger charge is 2.24. The number of aliphatic carboxylic acids is 1. The normalized spacial score (nSPS) is 14.1. The first-order valence-corrected chi connectivity index (χ1v) is 9.14. The zero-order valence-electron chi connectivity index (χ0n) is 16.3. The Labute approximate surface area is 159 Å². The molecule has 0 aliphatic rings. The van der Waals surface area contributed by atoms with E-state index in [1.807, 2.05) is 13.8 Å². The number of amides is 3. The van der Waals surface area contributed by atoms with E-state index in [1.165, 1.54) is 6.92 Å². The summed E-state index contributed by atoms with van der Waals surface area (Å²) in [6.07, 6.45) is 1.86. The Balaban J connectivity index is 4.64. The average molecular weight is 387 g/mol. The van der Waals surface area contributed by atoms with Gasteiger partial charge < -0.3 is 32.5 Å². The lowest BCUT2D eigenvalue weighted by Gasteiger charge is -2.21. The van der Waals surface area contributed by atoms with Crippen molar-refractivity contribution >= 4 is 23.7 Å². The number of unbranched alkanes of at least 4 members (excludes halogenated alkanes) is 1. The average Bonchev–Trinajstić information content (AvgIpc) is 2.57. The summed E-state index contributed by atoms with van der Waals surface area (Å²) in [5.41, 5.74) is 10.9. The van der Waals surface area contributed by atoms with Crippen molar-refractivity contribution in [3.05, 3.63) is 0 Å². The summed E-state index contributed by atoms with van der Waals surface area (Å²) < 4.78 is 0. The zero-order chi connectivity index (χ0) is 21.0. The molecule has 10 nitrogen and oxygen atoms in total. The van der Waals surface area contributed by atoms with Gasteiger partial charge in [0.15, 0.2) is 0 Å². The Morgan fingerprint density at radius 2 is 1.59 bits per heavy atom. The SMILES string of the molecule is CC(C)CC(NC(=O)C(C)N)C(=O)NCC(=O)NC(CCCCN)C(=O)O. The van der Waals surface area contributed by atoms with E-state index in [-0.39, 0.29) is 18.9 Å². The van der Waals surface area contributed by atoms with Crippen LogP contribution in [0.1, 0.15) is 46.5 Å². The van der Waals surface area contributed by atoms with Crippen molar-refractivity contribution in [3.63, 3.8) is 0 Å². The molecule has 0 aromatic heterocycles. The van der Waals surface area contributed by atoms with E-state index in [4.69, 9.17) is 16.6 Å². The molecule has 0 heterocycles. The third kappa shape index (κ3) is 11.2. The van der Waals surface area contributed by atoms with Crippen LogP contribution in [0.15, 0.2) is 0 Å². The number of nitrogens with two attached hydrogens (primary N) is 2. The van der Waals surface area contributed by atoms with E-state index < -0.39 is 41.8 Å². The predicted octanol–water partition coefficient (Wildman–Crippen LogP) is -1.32. The summed E-state index contributed by atoms with van der Waals surface area (Å²) in [5, 5.41) is 16.5. The van der Waals surface area contributed by atoms with Crippen LogP contribution in [0.3, 0.4) is 0 Å². The van der Waals surface area contributed by atoms with Crippen molar-refractivity contribution in [2.24, 2.45) is 17.4 Å². The number of hydrogen-bond acceptors (Lipinski definition) is 6. The first-order valence-electron chi connectivity index (χ1n) is 9.14. The standard InChI is InChI=1S/C17H33N5O5/c1-10(2)8-13(22-15(24)11(3)19)16(25)20-9-14(23)21-12(17(26)27)6-4-5-7-18/h10-13H,4-9,18-19H2,1-3H3,(H,20,25)(H,21,23)(H,22,24)(H,26,27). The molecule has 3 unspecified atom stereocenters. The Bertz CT molecular complexity index is 510. The molecule has 0 aliphatic heterocycles. The van der Waals surface area contributed by atoms with Crippen LogP contribution in [-0.2, 0) is 19.2 Å². The fraction of sp³-hybridized carbons (Fsp3) is 0.765. The van der Waals surface area contributed by atoms with Crippen LogP contribution in [0.5, 0.6) is 0 Å². The van der Waals surface area contributed by atoms with Gasteiger partial charge in [-0.1, -0.05) is 13.8 Å². The third-order valence-corrected chi connectivity index (χ3v) is 3.76. The number of carbonyl (C=O) groups excluding carboxylic acids is 3. The van der Waals surface area contributed by atoms with E-state index in [1.54, 1.807) is 0 Å². The molecule has 0 fully saturated rings. The van der Waals surface area contributed by atoms with Crippen molar-refractivity contribution in [2.45, 2.75) is 64.6 Å². The van der Waals surface area contributed by atoms with Crippen LogP contribution in [0.2, 0.25) is 0 Å². The first-order chi connectivity index (χ1) is 12.6. The van der Waals surface area contributed by atoms with Crippen LogP contribution in [0, 0.1) is 5.92 Å². The predicted molar refractivity (Wildman–Crippen MR) is 101 cm³/mol. The van der Waals surface area contributed by atoms with Crippen molar-refractivity contribution in [2.75, 3.05) is 13.1 Å². The maximum absolute atomic E-state index is 12.3. The molecule has 0 bridgehead atoms. The van der Waals surface area contributed by atoms with Gasteiger partial charge in [0.25, 0.3) is 0 Å². The summed E-state index contributed by atoms with van der Waals surface area (Å²) in [6.45, 7) is 5.35. The molecule has 0 aliphatic carbocycles. The minimum Gasteiger partial charge on any atom is -0.480 e. The number of carboxylic acids is 1. The van der Waals surface area contributed by atoms with E-state index in [9.17, 15) is 19.2 Å². The van der Waals surface area contributed by atoms with E-state index >= 15 is 0 Å². The third-order valence-electron chi connectivity index (χ3n) is 3.76. The fourth-order valence-corrected chi connectivity index (χ4v) is 2.29. The van der Waals surface area contributed by atoms with Crippen LogP contribution in [0.25, 0.3) is 0 Å². The lowest BCUT2D eigenvalue weighted by atomic mass is 10.0. The Morgan fingerprint density at radius 3 is 2.07 bits per heavy atom. The molecule has 0 saturated carbocycles. The number of carbonyl (C=O) groups is 4. The van der Waals surface area contributed by atoms with Crippen LogP contribution >= 0.6 is 0 Å². The second-order valence-electron chi connectivity index (χ2n) is 6.94. The molecule has 0 aromatic rings. The molecule has 0 radical (unpaired) electrons. The van der Waals surface area contributed by atoms with Gasteiger partial charge in [0, 0.05) is 0 Å². The topological polar surface area (TPSA) is 177 Å². The van der Waals surface area contributed by atoms with Gasteiger partial charge in [-0.25, -0.2) is 4.79 Å². The van der Waals surface area contributed by atoms with Crippen LogP contribution in [-0.4, -0.2) is 60.0 Å². The van der Waals surface area contributed by atoms with E-state index in [2.05, 4.69) is 16.0 Å². The first kappa shape index (κ1) is 24.8. The second kappa shape index (κ2) is 13.0. The number of carboxylic acid groups (broad SMARTS) is 1.